The van der Waals surface area contributed by atoms with Crippen LogP contribution in [0.25, 0.3) is 0 Å². The Labute approximate surface area is 167 Å². The molecule has 1 spiro atoms. The van der Waals surface area contributed by atoms with Gasteiger partial charge < -0.3 is 19.3 Å². The van der Waals surface area contributed by atoms with Crippen molar-refractivity contribution < 1.29 is 19.1 Å². The van der Waals surface area contributed by atoms with Gasteiger partial charge >= 0.3 is 0 Å². The summed E-state index contributed by atoms with van der Waals surface area (Å²) in [6, 6.07) is 7.97. The van der Waals surface area contributed by atoms with Crippen LogP contribution in [0.2, 0.25) is 0 Å². The summed E-state index contributed by atoms with van der Waals surface area (Å²) in [7, 11) is 3.31. The molecular formula is C22H32N2O4. The van der Waals surface area contributed by atoms with E-state index in [0.717, 1.165) is 50.8 Å². The van der Waals surface area contributed by atoms with Crippen LogP contribution in [0.15, 0.2) is 24.3 Å². The average Bonchev–Trinajstić information content (AvgIpc) is 3.14. The standard InChI is InChI=1S/C22H32N2O4/c1-27-17-16-23-14-4-12-22(21(23)26)13-5-15-24(22)20(25)7-3-6-18-8-10-19(28-2)11-9-18/h8-11H,3-7,12-17H2,1-2H3. The summed E-state index contributed by atoms with van der Waals surface area (Å²) in [4.78, 5) is 30.0. The number of hydrogen-bond donors (Lipinski definition) is 0. The van der Waals surface area contributed by atoms with Gasteiger partial charge in [-0.25, -0.2) is 0 Å². The fourth-order valence-electron chi connectivity index (χ4n) is 4.58. The molecule has 2 fully saturated rings. The first-order valence-corrected chi connectivity index (χ1v) is 10.3. The molecule has 0 N–H and O–H groups in total. The Kier molecular flexibility index (Phi) is 6.94. The number of benzene rings is 1. The number of hydrogen-bond acceptors (Lipinski definition) is 4. The second kappa shape index (κ2) is 9.41. The summed E-state index contributed by atoms with van der Waals surface area (Å²) in [6.45, 7) is 2.61. The molecule has 6 nitrogen and oxygen atoms in total. The smallest absolute Gasteiger partial charge is 0.248 e. The van der Waals surface area contributed by atoms with E-state index in [-0.39, 0.29) is 11.8 Å². The minimum Gasteiger partial charge on any atom is -0.497 e. The van der Waals surface area contributed by atoms with Crippen molar-refractivity contribution in [2.75, 3.05) is 40.5 Å². The molecule has 0 saturated carbocycles. The zero-order valence-electron chi connectivity index (χ0n) is 17.1. The predicted molar refractivity (Wildman–Crippen MR) is 107 cm³/mol. The molecule has 154 valence electrons. The number of likely N-dealkylation sites (tertiary alicyclic amines) is 2. The molecule has 6 heteroatoms. The molecule has 2 aliphatic rings. The minimum absolute atomic E-state index is 0.118. The number of amides is 2. The van der Waals surface area contributed by atoms with E-state index in [9.17, 15) is 9.59 Å². The third-order valence-electron chi connectivity index (χ3n) is 6.07. The second-order valence-corrected chi connectivity index (χ2v) is 7.77. The topological polar surface area (TPSA) is 59.1 Å². The number of carbonyl (C=O) groups excluding carboxylic acids is 2. The largest absolute Gasteiger partial charge is 0.497 e. The lowest BCUT2D eigenvalue weighted by atomic mass is 9.85. The lowest BCUT2D eigenvalue weighted by Crippen LogP contribution is -2.61. The molecule has 0 radical (unpaired) electrons. The third-order valence-corrected chi connectivity index (χ3v) is 6.07. The highest BCUT2D eigenvalue weighted by Crippen LogP contribution is 2.38. The molecule has 28 heavy (non-hydrogen) atoms. The van der Waals surface area contributed by atoms with Crippen LogP contribution >= 0.6 is 0 Å². The van der Waals surface area contributed by atoms with Crippen molar-refractivity contribution in [3.8, 4) is 5.75 Å². The van der Waals surface area contributed by atoms with Crippen molar-refractivity contribution in [3.63, 3.8) is 0 Å². The predicted octanol–water partition coefficient (Wildman–Crippen LogP) is 2.65. The van der Waals surface area contributed by atoms with Crippen molar-refractivity contribution >= 4 is 11.8 Å². The van der Waals surface area contributed by atoms with Crippen LogP contribution in [0, 0.1) is 0 Å². The van der Waals surface area contributed by atoms with E-state index in [1.807, 2.05) is 34.1 Å². The quantitative estimate of drug-likeness (QED) is 0.687. The lowest BCUT2D eigenvalue weighted by molar-refractivity contribution is -0.155. The van der Waals surface area contributed by atoms with E-state index in [4.69, 9.17) is 9.47 Å². The van der Waals surface area contributed by atoms with Crippen molar-refractivity contribution in [1.82, 2.24) is 9.80 Å². The summed E-state index contributed by atoms with van der Waals surface area (Å²) in [5.74, 6) is 1.08. The third kappa shape index (κ3) is 4.32. The Hall–Kier alpha value is -2.08. The van der Waals surface area contributed by atoms with Gasteiger partial charge in [0.05, 0.1) is 13.7 Å². The molecule has 2 amide bonds. The highest BCUT2D eigenvalue weighted by Gasteiger charge is 2.52. The van der Waals surface area contributed by atoms with Crippen LogP contribution in [-0.2, 0) is 20.7 Å². The summed E-state index contributed by atoms with van der Waals surface area (Å²) in [5, 5.41) is 0. The summed E-state index contributed by atoms with van der Waals surface area (Å²) in [5.41, 5.74) is 0.590. The number of aryl methyl sites for hydroxylation is 1. The van der Waals surface area contributed by atoms with Gasteiger partial charge in [-0.2, -0.15) is 0 Å². The molecule has 0 aromatic heterocycles. The van der Waals surface area contributed by atoms with E-state index < -0.39 is 5.54 Å². The van der Waals surface area contributed by atoms with Crippen LogP contribution in [0.1, 0.15) is 44.1 Å². The van der Waals surface area contributed by atoms with E-state index >= 15 is 0 Å². The Balaban J connectivity index is 1.58. The number of piperidine rings is 1. The molecule has 0 aliphatic carbocycles. The summed E-state index contributed by atoms with van der Waals surface area (Å²) >= 11 is 0. The molecular weight excluding hydrogens is 356 g/mol. The number of methoxy groups -OCH3 is 2. The summed E-state index contributed by atoms with van der Waals surface area (Å²) < 4.78 is 10.3. The van der Waals surface area contributed by atoms with E-state index in [2.05, 4.69) is 0 Å². The van der Waals surface area contributed by atoms with Gasteiger partial charge in [0, 0.05) is 33.2 Å². The number of nitrogens with zero attached hydrogens (tertiary/aromatic N) is 2. The first-order valence-electron chi connectivity index (χ1n) is 10.3. The summed E-state index contributed by atoms with van der Waals surface area (Å²) in [6.07, 6.45) is 5.57. The van der Waals surface area contributed by atoms with Crippen molar-refractivity contribution in [2.45, 2.75) is 50.5 Å². The maximum Gasteiger partial charge on any atom is 0.248 e. The van der Waals surface area contributed by atoms with E-state index in [1.165, 1.54) is 5.56 Å². The number of carbonyl (C=O) groups is 2. The fourth-order valence-corrected chi connectivity index (χ4v) is 4.58. The molecule has 3 rings (SSSR count). The van der Waals surface area contributed by atoms with Crippen molar-refractivity contribution in [2.24, 2.45) is 0 Å². The van der Waals surface area contributed by atoms with Gasteiger partial charge in [0.1, 0.15) is 11.3 Å². The number of ether oxygens (including phenoxy) is 2. The normalized spacial score (nSPS) is 22.1. The van der Waals surface area contributed by atoms with E-state index in [1.54, 1.807) is 14.2 Å². The molecule has 0 bridgehead atoms. The zero-order valence-corrected chi connectivity index (χ0v) is 17.1. The molecule has 2 saturated heterocycles. The SMILES string of the molecule is COCCN1CCCC2(CCCN2C(=O)CCCc2ccc(OC)cc2)C1=O. The van der Waals surface area contributed by atoms with Crippen LogP contribution in [0.5, 0.6) is 5.75 Å². The van der Waals surface area contributed by atoms with Gasteiger partial charge in [-0.05, 0) is 56.2 Å². The molecule has 1 unspecified atom stereocenters. The molecule has 1 aromatic rings. The highest BCUT2D eigenvalue weighted by molar-refractivity contribution is 5.92. The van der Waals surface area contributed by atoms with Gasteiger partial charge in [-0.1, -0.05) is 12.1 Å². The maximum atomic E-state index is 13.2. The number of rotatable bonds is 8. The fraction of sp³-hybridized carbons (Fsp3) is 0.636. The molecule has 1 aromatic carbocycles. The van der Waals surface area contributed by atoms with E-state index in [0.29, 0.717) is 26.1 Å². The Morgan fingerprint density at radius 2 is 1.82 bits per heavy atom. The van der Waals surface area contributed by atoms with Gasteiger partial charge in [0.2, 0.25) is 11.8 Å². The molecule has 1 atom stereocenters. The minimum atomic E-state index is -0.608. The Morgan fingerprint density at radius 1 is 1.11 bits per heavy atom. The van der Waals surface area contributed by atoms with Gasteiger partial charge in [-0.15, -0.1) is 0 Å². The lowest BCUT2D eigenvalue weighted by Gasteiger charge is -2.44. The van der Waals surface area contributed by atoms with Crippen molar-refractivity contribution in [3.05, 3.63) is 29.8 Å². The second-order valence-electron chi connectivity index (χ2n) is 7.77. The maximum absolute atomic E-state index is 13.2. The molecule has 2 heterocycles. The van der Waals surface area contributed by atoms with Crippen molar-refractivity contribution in [1.29, 1.82) is 0 Å². The van der Waals surface area contributed by atoms with Gasteiger partial charge in [0.25, 0.3) is 0 Å². The van der Waals surface area contributed by atoms with Crippen LogP contribution in [0.3, 0.4) is 0 Å². The Bertz CT molecular complexity index is 676. The monoisotopic (exact) mass is 388 g/mol. The average molecular weight is 389 g/mol. The van der Waals surface area contributed by atoms with Gasteiger partial charge in [0.15, 0.2) is 0 Å². The van der Waals surface area contributed by atoms with Crippen LogP contribution in [0.4, 0.5) is 0 Å². The van der Waals surface area contributed by atoms with Crippen LogP contribution < -0.4 is 4.74 Å². The highest BCUT2D eigenvalue weighted by atomic mass is 16.5. The van der Waals surface area contributed by atoms with Gasteiger partial charge in [-0.3, -0.25) is 9.59 Å². The zero-order chi connectivity index (χ0) is 20.0. The molecule has 2 aliphatic heterocycles. The first kappa shape index (κ1) is 20.6. The first-order chi connectivity index (χ1) is 13.6. The Morgan fingerprint density at radius 3 is 2.50 bits per heavy atom. The van der Waals surface area contributed by atoms with Crippen LogP contribution in [-0.4, -0.2) is 67.6 Å².